The number of aliphatic carboxylic acids is 1. The molecule has 0 atom stereocenters. The van der Waals surface area contributed by atoms with Crippen LogP contribution in [0.25, 0.3) is 0 Å². The number of benzene rings is 1. The molecule has 0 amide bonds. The number of rotatable bonds is 3. The van der Waals surface area contributed by atoms with Crippen molar-refractivity contribution in [1.29, 1.82) is 0 Å². The number of para-hydroxylation sites is 1. The van der Waals surface area contributed by atoms with Crippen LogP contribution in [0.4, 0.5) is 5.69 Å². The second-order valence-corrected chi connectivity index (χ2v) is 4.22. The van der Waals surface area contributed by atoms with E-state index in [1.165, 1.54) is 17.7 Å². The molecular weight excluding hydrogens is 202 g/mol. The molecule has 3 nitrogen and oxygen atoms in total. The summed E-state index contributed by atoms with van der Waals surface area (Å²) in [7, 11) is 0. The second-order valence-electron chi connectivity index (χ2n) is 4.22. The maximum absolute atomic E-state index is 10.6. The zero-order valence-corrected chi connectivity index (χ0v) is 9.35. The van der Waals surface area contributed by atoms with Crippen LogP contribution in [0.15, 0.2) is 24.3 Å². The summed E-state index contributed by atoms with van der Waals surface area (Å²) in [4.78, 5) is 12.8. The molecule has 0 saturated carbocycles. The van der Waals surface area contributed by atoms with Gasteiger partial charge in [0.05, 0.1) is 6.42 Å². The van der Waals surface area contributed by atoms with E-state index in [0.29, 0.717) is 6.54 Å². The van der Waals surface area contributed by atoms with Crippen molar-refractivity contribution in [2.24, 2.45) is 0 Å². The first-order valence-electron chi connectivity index (χ1n) is 5.82. The van der Waals surface area contributed by atoms with Gasteiger partial charge in [-0.2, -0.15) is 0 Å². The van der Waals surface area contributed by atoms with Gasteiger partial charge in [-0.3, -0.25) is 4.79 Å². The predicted octanol–water partition coefficient (Wildman–Crippen LogP) is 2.30. The van der Waals surface area contributed by atoms with Crippen LogP contribution in [0.2, 0.25) is 0 Å². The van der Waals surface area contributed by atoms with Crippen molar-refractivity contribution in [3.05, 3.63) is 29.8 Å². The van der Waals surface area contributed by atoms with Crippen LogP contribution >= 0.6 is 0 Å². The number of hydrogen-bond acceptors (Lipinski definition) is 2. The summed E-state index contributed by atoms with van der Waals surface area (Å²) < 4.78 is 0. The fourth-order valence-corrected chi connectivity index (χ4v) is 2.23. The lowest BCUT2D eigenvalue weighted by atomic mass is 10.1. The third-order valence-electron chi connectivity index (χ3n) is 3.05. The molecule has 1 heterocycles. The highest BCUT2D eigenvalue weighted by Gasteiger charge is 2.14. The summed E-state index contributed by atoms with van der Waals surface area (Å²) in [6, 6.07) is 8.33. The highest BCUT2D eigenvalue weighted by molar-refractivity contribution is 5.68. The molecule has 16 heavy (non-hydrogen) atoms. The van der Waals surface area contributed by atoms with Gasteiger partial charge >= 0.3 is 5.97 Å². The number of nitrogens with zero attached hydrogens (tertiary/aromatic N) is 1. The normalized spacial score (nSPS) is 15.4. The SMILES string of the molecule is O=C(O)CCN1CCCCc2ccccc21. The van der Waals surface area contributed by atoms with Crippen LogP contribution in [0, 0.1) is 0 Å². The fourth-order valence-electron chi connectivity index (χ4n) is 2.23. The maximum Gasteiger partial charge on any atom is 0.305 e. The Morgan fingerprint density at radius 3 is 2.94 bits per heavy atom. The Morgan fingerprint density at radius 2 is 2.12 bits per heavy atom. The molecule has 0 aromatic heterocycles. The van der Waals surface area contributed by atoms with Crippen molar-refractivity contribution >= 4 is 11.7 Å². The zero-order chi connectivity index (χ0) is 11.4. The largest absolute Gasteiger partial charge is 0.481 e. The Labute approximate surface area is 95.7 Å². The topological polar surface area (TPSA) is 40.5 Å². The van der Waals surface area contributed by atoms with Gasteiger partial charge in [-0.05, 0) is 30.9 Å². The third kappa shape index (κ3) is 2.54. The van der Waals surface area contributed by atoms with E-state index in [4.69, 9.17) is 5.11 Å². The zero-order valence-electron chi connectivity index (χ0n) is 9.35. The van der Waals surface area contributed by atoms with Gasteiger partial charge in [-0.1, -0.05) is 18.2 Å². The quantitative estimate of drug-likeness (QED) is 0.848. The maximum atomic E-state index is 10.6. The van der Waals surface area contributed by atoms with Gasteiger partial charge < -0.3 is 10.0 Å². The molecule has 0 spiro atoms. The smallest absolute Gasteiger partial charge is 0.305 e. The van der Waals surface area contributed by atoms with E-state index < -0.39 is 5.97 Å². The number of aryl methyl sites for hydroxylation is 1. The number of hydrogen-bond donors (Lipinski definition) is 1. The lowest BCUT2D eigenvalue weighted by molar-refractivity contribution is -0.136. The Bertz CT molecular complexity index is 376. The van der Waals surface area contributed by atoms with Gasteiger partial charge in [0, 0.05) is 18.8 Å². The molecular formula is C13H17NO2. The Kier molecular flexibility index (Phi) is 3.44. The average molecular weight is 219 g/mol. The molecule has 0 bridgehead atoms. The molecule has 1 aliphatic heterocycles. The Balaban J connectivity index is 2.15. The summed E-state index contributed by atoms with van der Waals surface area (Å²) in [5.41, 5.74) is 2.58. The Hall–Kier alpha value is -1.51. The first-order valence-corrected chi connectivity index (χ1v) is 5.82. The van der Waals surface area contributed by atoms with Crippen LogP contribution in [0.1, 0.15) is 24.8 Å². The summed E-state index contributed by atoms with van der Waals surface area (Å²) in [5, 5.41) is 8.74. The minimum Gasteiger partial charge on any atom is -0.481 e. The molecule has 0 saturated heterocycles. The summed E-state index contributed by atoms with van der Waals surface area (Å²) >= 11 is 0. The highest BCUT2D eigenvalue weighted by Crippen LogP contribution is 2.25. The van der Waals surface area contributed by atoms with Crippen LogP contribution in [0.5, 0.6) is 0 Å². The minimum absolute atomic E-state index is 0.217. The number of carbonyl (C=O) groups is 1. The number of carboxylic acids is 1. The second kappa shape index (κ2) is 5.01. The van der Waals surface area contributed by atoms with Gasteiger partial charge in [0.2, 0.25) is 0 Å². The van der Waals surface area contributed by atoms with E-state index in [2.05, 4.69) is 23.1 Å². The number of carboxylic acid groups (broad SMARTS) is 1. The third-order valence-corrected chi connectivity index (χ3v) is 3.05. The predicted molar refractivity (Wildman–Crippen MR) is 63.8 cm³/mol. The molecule has 0 aliphatic carbocycles. The van der Waals surface area contributed by atoms with Crippen LogP contribution in [-0.4, -0.2) is 24.2 Å². The number of anilines is 1. The molecule has 1 aromatic carbocycles. The first kappa shape index (κ1) is 11.0. The average Bonchev–Trinajstić information content (AvgIpc) is 2.48. The molecule has 3 heteroatoms. The van der Waals surface area contributed by atoms with E-state index in [9.17, 15) is 4.79 Å². The molecule has 0 radical (unpaired) electrons. The van der Waals surface area contributed by atoms with E-state index in [1.54, 1.807) is 0 Å². The van der Waals surface area contributed by atoms with Crippen molar-refractivity contribution in [2.75, 3.05) is 18.0 Å². The molecule has 1 N–H and O–H groups in total. The van der Waals surface area contributed by atoms with Crippen LogP contribution in [-0.2, 0) is 11.2 Å². The molecule has 2 rings (SSSR count). The van der Waals surface area contributed by atoms with Crippen molar-refractivity contribution in [1.82, 2.24) is 0 Å². The van der Waals surface area contributed by atoms with Gasteiger partial charge in [0.1, 0.15) is 0 Å². The van der Waals surface area contributed by atoms with Crippen molar-refractivity contribution in [2.45, 2.75) is 25.7 Å². The standard InChI is InChI=1S/C13H17NO2/c15-13(16)8-10-14-9-4-3-6-11-5-1-2-7-12(11)14/h1-2,5,7H,3-4,6,8-10H2,(H,15,16). The van der Waals surface area contributed by atoms with Crippen LogP contribution in [0.3, 0.4) is 0 Å². The highest BCUT2D eigenvalue weighted by atomic mass is 16.4. The minimum atomic E-state index is -0.721. The van der Waals surface area contributed by atoms with Gasteiger partial charge in [0.15, 0.2) is 0 Å². The lowest BCUT2D eigenvalue weighted by Gasteiger charge is -2.24. The molecule has 0 unspecified atom stereocenters. The van der Waals surface area contributed by atoms with Gasteiger partial charge in [-0.15, -0.1) is 0 Å². The van der Waals surface area contributed by atoms with E-state index in [-0.39, 0.29) is 6.42 Å². The van der Waals surface area contributed by atoms with E-state index in [1.807, 2.05) is 6.07 Å². The monoisotopic (exact) mass is 219 g/mol. The molecule has 0 fully saturated rings. The summed E-state index contributed by atoms with van der Waals surface area (Å²) in [6.45, 7) is 1.59. The van der Waals surface area contributed by atoms with Crippen molar-refractivity contribution in [3.63, 3.8) is 0 Å². The molecule has 1 aromatic rings. The van der Waals surface area contributed by atoms with E-state index >= 15 is 0 Å². The lowest BCUT2D eigenvalue weighted by Crippen LogP contribution is -2.26. The van der Waals surface area contributed by atoms with Gasteiger partial charge in [0.25, 0.3) is 0 Å². The summed E-state index contributed by atoms with van der Waals surface area (Å²) in [6.07, 6.45) is 3.67. The van der Waals surface area contributed by atoms with Crippen molar-refractivity contribution in [3.8, 4) is 0 Å². The number of fused-ring (bicyclic) bond motifs is 1. The van der Waals surface area contributed by atoms with Crippen LogP contribution < -0.4 is 4.90 Å². The Morgan fingerprint density at radius 1 is 1.31 bits per heavy atom. The molecule has 86 valence electrons. The van der Waals surface area contributed by atoms with E-state index in [0.717, 1.165) is 19.4 Å². The van der Waals surface area contributed by atoms with Gasteiger partial charge in [-0.25, -0.2) is 0 Å². The fraction of sp³-hybridized carbons (Fsp3) is 0.462. The summed E-state index contributed by atoms with van der Waals surface area (Å²) in [5.74, 6) is -0.721. The van der Waals surface area contributed by atoms with Crippen molar-refractivity contribution < 1.29 is 9.90 Å². The molecule has 1 aliphatic rings. The first-order chi connectivity index (χ1) is 7.77.